The molecule has 0 aromatic rings. The predicted octanol–water partition coefficient (Wildman–Crippen LogP) is 12.8. The van der Waals surface area contributed by atoms with Crippen LogP contribution in [0.2, 0.25) is 0 Å². The first kappa shape index (κ1) is 50.9. The summed E-state index contributed by atoms with van der Waals surface area (Å²) in [4.78, 5) is 47.6. The first-order chi connectivity index (χ1) is 25.9. The summed E-state index contributed by atoms with van der Waals surface area (Å²) in [5, 5.41) is 0. The molecule has 0 saturated heterocycles. The van der Waals surface area contributed by atoms with Crippen molar-refractivity contribution < 1.29 is 38.1 Å². The molecular formula is C45H84O8. The van der Waals surface area contributed by atoms with E-state index in [0.717, 1.165) is 103 Å². The molecule has 0 fully saturated rings. The average Bonchev–Trinajstić information content (AvgIpc) is 3.15. The van der Waals surface area contributed by atoms with Crippen molar-refractivity contribution in [2.45, 2.75) is 252 Å². The second-order valence-corrected chi connectivity index (χ2v) is 15.2. The van der Waals surface area contributed by atoms with E-state index >= 15 is 0 Å². The number of ether oxygens (including phenoxy) is 4. The van der Waals surface area contributed by atoms with Crippen molar-refractivity contribution in [1.82, 2.24) is 0 Å². The molecule has 0 amide bonds. The van der Waals surface area contributed by atoms with E-state index in [0.29, 0.717) is 45.3 Å². The fraction of sp³-hybridized carbons (Fsp3) is 0.911. The lowest BCUT2D eigenvalue weighted by Gasteiger charge is -2.17. The highest BCUT2D eigenvalue weighted by Crippen LogP contribution is 2.19. The zero-order valence-electron chi connectivity index (χ0n) is 35.2. The van der Waals surface area contributed by atoms with Crippen LogP contribution < -0.4 is 0 Å². The maximum Gasteiger partial charge on any atom is 0.305 e. The normalized spacial score (nSPS) is 12.3. The van der Waals surface area contributed by atoms with Gasteiger partial charge >= 0.3 is 23.9 Å². The first-order valence-corrected chi connectivity index (χ1v) is 22.6. The smallest absolute Gasteiger partial charge is 0.305 e. The van der Waals surface area contributed by atoms with Gasteiger partial charge in [0.25, 0.3) is 0 Å². The number of rotatable bonds is 40. The summed E-state index contributed by atoms with van der Waals surface area (Å²) < 4.78 is 22.0. The van der Waals surface area contributed by atoms with Gasteiger partial charge in [0.15, 0.2) is 0 Å². The molecule has 0 aromatic carbocycles. The molecule has 8 heteroatoms. The highest BCUT2D eigenvalue weighted by molar-refractivity contribution is 5.70. The lowest BCUT2D eigenvalue weighted by Crippen LogP contribution is -2.17. The van der Waals surface area contributed by atoms with Gasteiger partial charge in [-0.25, -0.2) is 0 Å². The summed E-state index contributed by atoms with van der Waals surface area (Å²) in [6.45, 7) is 8.73. The van der Waals surface area contributed by atoms with Crippen LogP contribution >= 0.6 is 0 Å². The fourth-order valence-electron chi connectivity index (χ4n) is 6.64. The van der Waals surface area contributed by atoms with Gasteiger partial charge in [0.2, 0.25) is 0 Å². The lowest BCUT2D eigenvalue weighted by molar-refractivity contribution is -0.150. The summed E-state index contributed by atoms with van der Waals surface area (Å²) in [5.41, 5.74) is 0. The van der Waals surface area contributed by atoms with Crippen molar-refractivity contribution in [2.75, 3.05) is 13.2 Å². The van der Waals surface area contributed by atoms with Gasteiger partial charge in [-0.3, -0.25) is 19.2 Å². The molecule has 2 unspecified atom stereocenters. The van der Waals surface area contributed by atoms with E-state index in [1.54, 1.807) is 0 Å². The Morgan fingerprint density at radius 1 is 0.340 bits per heavy atom. The Morgan fingerprint density at radius 3 is 0.925 bits per heavy atom. The SMILES string of the molecule is CCCCCCC(CCCCCCCCCCCCC(=O)OCCCOC(=O)CCCCCCCCC(CCCCCC)OC(=O)CC)OC(=O)CC. The topological polar surface area (TPSA) is 105 Å². The van der Waals surface area contributed by atoms with Crippen molar-refractivity contribution >= 4 is 23.9 Å². The van der Waals surface area contributed by atoms with Gasteiger partial charge in [-0.05, 0) is 64.2 Å². The van der Waals surface area contributed by atoms with E-state index in [-0.39, 0.29) is 36.1 Å². The van der Waals surface area contributed by atoms with Gasteiger partial charge in [0.1, 0.15) is 12.2 Å². The van der Waals surface area contributed by atoms with Gasteiger partial charge in [-0.2, -0.15) is 0 Å². The minimum atomic E-state index is -0.173. The number of carbonyl (C=O) groups is 4. The van der Waals surface area contributed by atoms with Crippen LogP contribution in [0.25, 0.3) is 0 Å². The van der Waals surface area contributed by atoms with E-state index in [1.165, 1.54) is 77.0 Å². The third-order valence-corrected chi connectivity index (χ3v) is 10.1. The van der Waals surface area contributed by atoms with Crippen LogP contribution in [0, 0.1) is 0 Å². The third kappa shape index (κ3) is 36.6. The minimum absolute atomic E-state index is 0.0616. The van der Waals surface area contributed by atoms with Crippen LogP contribution in [-0.4, -0.2) is 49.3 Å². The molecule has 0 aliphatic heterocycles. The van der Waals surface area contributed by atoms with Crippen molar-refractivity contribution in [3.05, 3.63) is 0 Å². The monoisotopic (exact) mass is 753 g/mol. The van der Waals surface area contributed by atoms with Crippen LogP contribution in [0.5, 0.6) is 0 Å². The molecule has 0 aromatic heterocycles. The molecule has 0 aliphatic carbocycles. The first-order valence-electron chi connectivity index (χ1n) is 22.6. The standard InChI is InChI=1S/C45H84O8/c1-5-9-11-25-32-40(52-42(46)7-3)34-27-21-17-15-13-14-16-18-23-29-36-44(48)50-38-31-39-51-45(49)37-30-24-20-19-22-28-35-41(53-43(47)8-4)33-26-12-10-6-2/h40-41H,5-39H2,1-4H3. The molecule has 0 rings (SSSR count). The minimum Gasteiger partial charge on any atom is -0.466 e. The molecule has 0 N–H and O–H groups in total. The van der Waals surface area contributed by atoms with Crippen molar-refractivity contribution in [1.29, 1.82) is 0 Å². The van der Waals surface area contributed by atoms with Crippen molar-refractivity contribution in [3.63, 3.8) is 0 Å². The van der Waals surface area contributed by atoms with E-state index in [9.17, 15) is 19.2 Å². The summed E-state index contributed by atoms with van der Waals surface area (Å²) in [6.07, 6.45) is 34.0. The summed E-state index contributed by atoms with van der Waals surface area (Å²) in [7, 11) is 0. The van der Waals surface area contributed by atoms with Crippen LogP contribution in [0.1, 0.15) is 240 Å². The number of esters is 4. The Labute approximate surface area is 326 Å². The zero-order chi connectivity index (χ0) is 39.0. The Hall–Kier alpha value is -2.12. The molecule has 2 atom stereocenters. The molecule has 8 nitrogen and oxygen atoms in total. The van der Waals surface area contributed by atoms with Gasteiger partial charge in [0, 0.05) is 32.1 Å². The van der Waals surface area contributed by atoms with E-state index < -0.39 is 0 Å². The fourth-order valence-corrected chi connectivity index (χ4v) is 6.64. The predicted molar refractivity (Wildman–Crippen MR) is 217 cm³/mol. The summed E-state index contributed by atoms with van der Waals surface area (Å²) >= 11 is 0. The number of unbranched alkanes of at least 4 members (excludes halogenated alkanes) is 20. The van der Waals surface area contributed by atoms with Crippen molar-refractivity contribution in [2.24, 2.45) is 0 Å². The Kier molecular flexibility index (Phi) is 38.0. The molecule has 53 heavy (non-hydrogen) atoms. The molecule has 0 bridgehead atoms. The lowest BCUT2D eigenvalue weighted by atomic mass is 10.0. The van der Waals surface area contributed by atoms with Crippen LogP contribution in [0.15, 0.2) is 0 Å². The number of hydrogen-bond donors (Lipinski definition) is 0. The second-order valence-electron chi connectivity index (χ2n) is 15.2. The second kappa shape index (κ2) is 39.6. The highest BCUT2D eigenvalue weighted by atomic mass is 16.6. The Morgan fingerprint density at radius 2 is 0.623 bits per heavy atom. The van der Waals surface area contributed by atoms with Gasteiger partial charge in [0.05, 0.1) is 13.2 Å². The molecule has 0 saturated carbocycles. The van der Waals surface area contributed by atoms with Crippen LogP contribution in [0.3, 0.4) is 0 Å². The largest absolute Gasteiger partial charge is 0.466 e. The van der Waals surface area contributed by atoms with E-state index in [1.807, 2.05) is 13.8 Å². The van der Waals surface area contributed by atoms with Crippen LogP contribution in [-0.2, 0) is 38.1 Å². The third-order valence-electron chi connectivity index (χ3n) is 10.1. The van der Waals surface area contributed by atoms with Gasteiger partial charge < -0.3 is 18.9 Å². The quantitative estimate of drug-likeness (QED) is 0.0346. The Bertz CT molecular complexity index is 859. The Balaban J connectivity index is 3.62. The molecule has 0 heterocycles. The highest BCUT2D eigenvalue weighted by Gasteiger charge is 2.14. The van der Waals surface area contributed by atoms with Crippen molar-refractivity contribution in [3.8, 4) is 0 Å². The number of hydrogen-bond acceptors (Lipinski definition) is 8. The maximum absolute atomic E-state index is 12.0. The molecule has 0 radical (unpaired) electrons. The molecule has 0 aliphatic rings. The maximum atomic E-state index is 12.0. The van der Waals surface area contributed by atoms with Gasteiger partial charge in [-0.15, -0.1) is 0 Å². The van der Waals surface area contributed by atoms with E-state index in [2.05, 4.69) is 13.8 Å². The zero-order valence-corrected chi connectivity index (χ0v) is 35.2. The molecule has 312 valence electrons. The summed E-state index contributed by atoms with van der Waals surface area (Å²) in [6, 6.07) is 0. The number of carbonyl (C=O) groups excluding carboxylic acids is 4. The molecule has 0 spiro atoms. The van der Waals surface area contributed by atoms with Gasteiger partial charge in [-0.1, -0.05) is 143 Å². The summed E-state index contributed by atoms with van der Waals surface area (Å²) in [5.74, 6) is -0.487. The average molecular weight is 753 g/mol. The van der Waals surface area contributed by atoms with E-state index in [4.69, 9.17) is 18.9 Å². The molecular weight excluding hydrogens is 668 g/mol. The van der Waals surface area contributed by atoms with Crippen LogP contribution in [0.4, 0.5) is 0 Å².